The number of carbonyl (C=O) groups excluding carboxylic acids is 2. The van der Waals surface area contributed by atoms with E-state index < -0.39 is 37.2 Å². The van der Waals surface area contributed by atoms with Gasteiger partial charge in [-0.15, -0.1) is 0 Å². The van der Waals surface area contributed by atoms with Crippen molar-refractivity contribution >= 4 is 12.0 Å². The van der Waals surface area contributed by atoms with Crippen LogP contribution in [0.5, 0.6) is 0 Å². The quantitative estimate of drug-likeness (QED) is 0.589. The lowest BCUT2D eigenvalue weighted by Gasteiger charge is -2.28. The summed E-state index contributed by atoms with van der Waals surface area (Å²) < 4.78 is 53.3. The highest BCUT2D eigenvalue weighted by atomic mass is 16.6. The number of morpholine rings is 1. The summed E-state index contributed by atoms with van der Waals surface area (Å²) in [6, 6.07) is 0. The lowest BCUT2D eigenvalue weighted by atomic mass is 10.2. The highest BCUT2D eigenvalue weighted by molar-refractivity contribution is 5.93. The van der Waals surface area contributed by atoms with Gasteiger partial charge in [0.15, 0.2) is 0 Å². The Morgan fingerprint density at radius 2 is 2.29 bits per heavy atom. The number of hydrogen-bond acceptors (Lipinski definition) is 4. The molecule has 0 atom stereocenters. The van der Waals surface area contributed by atoms with E-state index in [2.05, 4.69) is 4.74 Å². The van der Waals surface area contributed by atoms with Crippen molar-refractivity contribution in [1.29, 1.82) is 0 Å². The molecule has 14 heavy (non-hydrogen) atoms. The van der Waals surface area contributed by atoms with E-state index in [4.69, 9.17) is 13.0 Å². The highest BCUT2D eigenvalue weighted by Gasteiger charge is 2.29. The third-order valence-corrected chi connectivity index (χ3v) is 1.13. The van der Waals surface area contributed by atoms with Crippen LogP contribution >= 0.6 is 0 Å². The molecule has 5 heteroatoms. The van der Waals surface area contributed by atoms with Crippen LogP contribution < -0.4 is 0 Å². The molecule has 0 saturated carbocycles. The van der Waals surface area contributed by atoms with Crippen LogP contribution in [0, 0.1) is 0 Å². The predicted molar refractivity (Wildman–Crippen MR) is 48.8 cm³/mol. The number of carbonyl (C=O) groups is 2. The summed E-state index contributed by atoms with van der Waals surface area (Å²) in [5, 5.41) is 0. The minimum atomic E-state index is -3.22. The number of nitrogens with zero attached hydrogens (tertiary/aromatic N) is 1. The van der Waals surface area contributed by atoms with Gasteiger partial charge in [0.25, 0.3) is 5.91 Å². The highest BCUT2D eigenvalue weighted by Crippen LogP contribution is 2.11. The zero-order valence-electron chi connectivity index (χ0n) is 14.1. The minimum Gasteiger partial charge on any atom is -0.443 e. The third kappa shape index (κ3) is 2.99. The molecule has 1 aliphatic rings. The molecule has 0 radical (unpaired) electrons. The van der Waals surface area contributed by atoms with E-state index in [9.17, 15) is 9.59 Å². The zero-order valence-corrected chi connectivity index (χ0v) is 8.08. The van der Waals surface area contributed by atoms with Crippen LogP contribution in [0.25, 0.3) is 0 Å². The first-order valence-electron chi connectivity index (χ1n) is 6.90. The standard InChI is InChI=1S/C9H15NO4/c1-9(2,3)14-8(12)10-4-5-13-6-7(10)11/h4-6H2,1-3H3/i4D2,5D2,6D2. The van der Waals surface area contributed by atoms with Gasteiger partial charge in [0.2, 0.25) is 0 Å². The third-order valence-electron chi connectivity index (χ3n) is 1.13. The summed E-state index contributed by atoms with van der Waals surface area (Å²) in [4.78, 5) is 23.4. The minimum absolute atomic E-state index is 0.220. The molecule has 0 aromatic carbocycles. The van der Waals surface area contributed by atoms with Crippen molar-refractivity contribution in [2.24, 2.45) is 0 Å². The van der Waals surface area contributed by atoms with Crippen molar-refractivity contribution in [1.82, 2.24) is 4.90 Å². The van der Waals surface area contributed by atoms with E-state index in [1.165, 1.54) is 20.8 Å². The average Bonchev–Trinajstić information content (AvgIpc) is 2.09. The predicted octanol–water partition coefficient (Wildman–Crippen LogP) is 0.780. The van der Waals surface area contributed by atoms with Crippen LogP contribution in [0.1, 0.15) is 29.0 Å². The Morgan fingerprint density at radius 3 is 2.86 bits per heavy atom. The number of ether oxygens (including phenoxy) is 2. The molecule has 1 saturated heterocycles. The van der Waals surface area contributed by atoms with E-state index in [1.54, 1.807) is 0 Å². The fraction of sp³-hybridized carbons (Fsp3) is 0.778. The molecular weight excluding hydrogens is 186 g/mol. The molecule has 1 rings (SSSR count). The second kappa shape index (κ2) is 3.96. The van der Waals surface area contributed by atoms with Crippen LogP contribution in [0.4, 0.5) is 4.79 Å². The molecular formula is C9H15NO4. The van der Waals surface area contributed by atoms with E-state index in [0.717, 1.165) is 0 Å². The Balaban J connectivity index is 3.25. The maximum absolute atomic E-state index is 11.9. The Kier molecular flexibility index (Phi) is 1.45. The summed E-state index contributed by atoms with van der Waals surface area (Å²) in [6.45, 7) is -5.20. The molecule has 5 nitrogen and oxygen atoms in total. The average molecular weight is 207 g/mol. The largest absolute Gasteiger partial charge is 0.443 e. The molecule has 2 amide bonds. The van der Waals surface area contributed by atoms with E-state index in [0.29, 0.717) is 0 Å². The van der Waals surface area contributed by atoms with Crippen molar-refractivity contribution in [2.75, 3.05) is 19.6 Å². The topological polar surface area (TPSA) is 55.8 Å². The van der Waals surface area contributed by atoms with E-state index in [1.807, 2.05) is 0 Å². The number of hydrogen-bond donors (Lipinski definition) is 0. The van der Waals surface area contributed by atoms with Crippen LogP contribution in [-0.2, 0) is 14.3 Å². The van der Waals surface area contributed by atoms with Gasteiger partial charge < -0.3 is 9.47 Å². The molecule has 1 aliphatic heterocycles. The fourth-order valence-corrected chi connectivity index (χ4v) is 0.670. The molecule has 0 aromatic heterocycles. The van der Waals surface area contributed by atoms with Gasteiger partial charge in [0.05, 0.1) is 21.3 Å². The van der Waals surface area contributed by atoms with Crippen molar-refractivity contribution in [2.45, 2.75) is 26.4 Å². The van der Waals surface area contributed by atoms with Crippen molar-refractivity contribution < 1.29 is 27.3 Å². The SMILES string of the molecule is [2H]C1([2H])OC([2H])([2H])C([2H])([2H])N(C(=O)OC(C)(C)C)C1=O. The van der Waals surface area contributed by atoms with Gasteiger partial charge >= 0.3 is 6.09 Å². The molecule has 0 N–H and O–H groups in total. The van der Waals surface area contributed by atoms with Crippen LogP contribution in [0.3, 0.4) is 0 Å². The molecule has 0 unspecified atom stereocenters. The Hall–Kier alpha value is -1.10. The normalized spacial score (nSPS) is 35.4. The summed E-state index contributed by atoms with van der Waals surface area (Å²) >= 11 is 0. The maximum atomic E-state index is 11.9. The first-order valence-corrected chi connectivity index (χ1v) is 3.90. The molecule has 0 spiro atoms. The van der Waals surface area contributed by atoms with Gasteiger partial charge in [-0.3, -0.25) is 4.79 Å². The molecule has 80 valence electrons. The first-order chi connectivity index (χ1) is 8.62. The Bertz CT molecular complexity index is 444. The summed E-state index contributed by atoms with van der Waals surface area (Å²) in [7, 11) is 0. The van der Waals surface area contributed by atoms with Crippen LogP contribution in [0.15, 0.2) is 0 Å². The van der Waals surface area contributed by atoms with Crippen LogP contribution in [-0.4, -0.2) is 42.1 Å². The van der Waals surface area contributed by atoms with Gasteiger partial charge in [-0.05, 0) is 20.8 Å². The smallest absolute Gasteiger partial charge is 0.417 e. The lowest BCUT2D eigenvalue weighted by molar-refractivity contribution is -0.141. The lowest BCUT2D eigenvalue weighted by Crippen LogP contribution is -2.47. The zero-order chi connectivity index (χ0) is 16.1. The van der Waals surface area contributed by atoms with E-state index in [-0.39, 0.29) is 4.90 Å². The Morgan fingerprint density at radius 1 is 1.64 bits per heavy atom. The van der Waals surface area contributed by atoms with Gasteiger partial charge in [-0.2, -0.15) is 0 Å². The summed E-state index contributed by atoms with van der Waals surface area (Å²) in [5.41, 5.74) is -1.06. The molecule has 0 bridgehead atoms. The first kappa shape index (κ1) is 5.11. The number of amides is 2. The maximum Gasteiger partial charge on any atom is 0.417 e. The van der Waals surface area contributed by atoms with Crippen molar-refractivity contribution in [3.63, 3.8) is 0 Å². The van der Waals surface area contributed by atoms with Crippen molar-refractivity contribution in [3.05, 3.63) is 0 Å². The summed E-state index contributed by atoms with van der Waals surface area (Å²) in [5.74, 6) is -1.66. The Labute approximate surface area is 91.4 Å². The fourth-order valence-electron chi connectivity index (χ4n) is 0.670. The van der Waals surface area contributed by atoms with E-state index >= 15 is 0 Å². The molecule has 0 aromatic rings. The van der Waals surface area contributed by atoms with Crippen LogP contribution in [0.2, 0.25) is 0 Å². The van der Waals surface area contributed by atoms with Gasteiger partial charge in [0, 0.05) is 0 Å². The number of rotatable bonds is 0. The van der Waals surface area contributed by atoms with Gasteiger partial charge in [0.1, 0.15) is 12.2 Å². The summed E-state index contributed by atoms with van der Waals surface area (Å²) in [6.07, 6.45) is -1.48. The number of imide groups is 1. The molecule has 1 heterocycles. The second-order valence-corrected chi connectivity index (χ2v) is 3.54. The monoisotopic (exact) mass is 207 g/mol. The molecule has 1 fully saturated rings. The van der Waals surface area contributed by atoms with Gasteiger partial charge in [-0.1, -0.05) is 0 Å². The van der Waals surface area contributed by atoms with Crippen molar-refractivity contribution in [3.8, 4) is 0 Å². The molecule has 0 aliphatic carbocycles. The second-order valence-electron chi connectivity index (χ2n) is 3.54. The van der Waals surface area contributed by atoms with Gasteiger partial charge in [-0.25, -0.2) is 9.69 Å².